The van der Waals surface area contributed by atoms with Crippen LogP contribution in [0.3, 0.4) is 0 Å². The largest absolute Gasteiger partial charge is 0.393 e. The van der Waals surface area contributed by atoms with E-state index in [1.807, 2.05) is 0 Å². The van der Waals surface area contributed by atoms with Crippen LogP contribution in [0.4, 0.5) is 0 Å². The van der Waals surface area contributed by atoms with Crippen LogP contribution in [0.1, 0.15) is 98.8 Å². The molecule has 0 radical (unpaired) electrons. The van der Waals surface area contributed by atoms with Crippen LogP contribution >= 0.6 is 0 Å². The van der Waals surface area contributed by atoms with Gasteiger partial charge < -0.3 is 5.11 Å². The molecule has 0 aromatic rings. The van der Waals surface area contributed by atoms with E-state index in [4.69, 9.17) is 0 Å². The highest BCUT2D eigenvalue weighted by atomic mass is 16.3. The van der Waals surface area contributed by atoms with Gasteiger partial charge in [0, 0.05) is 0 Å². The predicted octanol–water partition coefficient (Wildman–Crippen LogP) is 7.87. The third kappa shape index (κ3) is 5.09. The van der Waals surface area contributed by atoms with Crippen LogP contribution in [-0.2, 0) is 0 Å². The Morgan fingerprint density at radius 3 is 2.55 bits per heavy atom. The Kier molecular flexibility index (Phi) is 7.52. The number of allylic oxidation sites excluding steroid dienone is 4. The van der Waals surface area contributed by atoms with Gasteiger partial charge in [-0.25, -0.2) is 0 Å². The van der Waals surface area contributed by atoms with Gasteiger partial charge in [-0.1, -0.05) is 77.3 Å². The quantitative estimate of drug-likeness (QED) is 0.482. The van der Waals surface area contributed by atoms with Crippen molar-refractivity contribution in [1.29, 1.82) is 0 Å². The Bertz CT molecular complexity index is 639. The molecule has 29 heavy (non-hydrogen) atoms. The normalized spacial score (nSPS) is 37.9. The van der Waals surface area contributed by atoms with E-state index in [1.165, 1.54) is 56.1 Å². The molecule has 0 saturated heterocycles. The zero-order valence-electron chi connectivity index (χ0n) is 19.8. The van der Waals surface area contributed by atoms with Crippen molar-refractivity contribution in [3.05, 3.63) is 35.5 Å². The maximum atomic E-state index is 10.0. The molecule has 6 unspecified atom stereocenters. The zero-order chi connectivity index (χ0) is 21.2. The fourth-order valence-corrected chi connectivity index (χ4v) is 6.67. The number of aliphatic hydroxyl groups excluding tert-OH is 1. The first kappa shape index (κ1) is 22.9. The van der Waals surface area contributed by atoms with Crippen molar-refractivity contribution >= 4 is 0 Å². The number of aliphatic hydroxyl groups is 1. The predicted molar refractivity (Wildman–Crippen MR) is 126 cm³/mol. The molecule has 0 aliphatic heterocycles. The van der Waals surface area contributed by atoms with Crippen molar-refractivity contribution < 1.29 is 5.11 Å². The molecule has 3 saturated carbocycles. The van der Waals surface area contributed by atoms with Crippen LogP contribution in [0.15, 0.2) is 35.5 Å². The summed E-state index contributed by atoms with van der Waals surface area (Å²) < 4.78 is 0. The summed E-state index contributed by atoms with van der Waals surface area (Å²) in [5.74, 6) is 4.14. The van der Waals surface area contributed by atoms with Crippen molar-refractivity contribution in [1.82, 2.24) is 0 Å². The van der Waals surface area contributed by atoms with Crippen molar-refractivity contribution in [2.75, 3.05) is 0 Å². The molecule has 3 rings (SSSR count). The molecule has 0 amide bonds. The van der Waals surface area contributed by atoms with Crippen LogP contribution in [0.2, 0.25) is 0 Å². The number of hydrogen-bond acceptors (Lipinski definition) is 1. The van der Waals surface area contributed by atoms with Gasteiger partial charge in [0.2, 0.25) is 0 Å². The second-order valence-corrected chi connectivity index (χ2v) is 11.3. The highest BCUT2D eigenvalue weighted by molar-refractivity contribution is 5.36. The summed E-state index contributed by atoms with van der Waals surface area (Å²) in [6.07, 6.45) is 16.8. The first-order chi connectivity index (χ1) is 13.7. The summed E-state index contributed by atoms with van der Waals surface area (Å²) in [6, 6.07) is 0. The monoisotopic (exact) mass is 398 g/mol. The molecule has 3 aliphatic carbocycles. The fraction of sp³-hybridized carbons (Fsp3) is 0.786. The number of hydrogen-bond donors (Lipinski definition) is 1. The topological polar surface area (TPSA) is 20.2 Å². The van der Waals surface area contributed by atoms with E-state index in [-0.39, 0.29) is 6.10 Å². The molecule has 164 valence electrons. The summed E-state index contributed by atoms with van der Waals surface area (Å²) in [4.78, 5) is 0. The zero-order valence-corrected chi connectivity index (χ0v) is 19.8. The number of fused-ring (bicyclic) bond motifs is 1. The third-order valence-electron chi connectivity index (χ3n) is 9.13. The molecule has 6 atom stereocenters. The van der Waals surface area contributed by atoms with Gasteiger partial charge in [-0.2, -0.15) is 0 Å². The van der Waals surface area contributed by atoms with Crippen molar-refractivity contribution in [3.63, 3.8) is 0 Å². The Balaban J connectivity index is 1.70. The van der Waals surface area contributed by atoms with Gasteiger partial charge in [0.1, 0.15) is 0 Å². The molecule has 0 spiro atoms. The van der Waals surface area contributed by atoms with E-state index >= 15 is 0 Å². The minimum absolute atomic E-state index is 0.174. The average Bonchev–Trinajstić information content (AvgIpc) is 3.04. The maximum absolute atomic E-state index is 10.0. The molecule has 1 nitrogen and oxygen atoms in total. The molecule has 3 aliphatic rings. The van der Waals surface area contributed by atoms with E-state index in [2.05, 4.69) is 53.3 Å². The van der Waals surface area contributed by atoms with Crippen LogP contribution in [0, 0.1) is 35.0 Å². The number of rotatable bonds is 6. The molecular weight excluding hydrogens is 352 g/mol. The highest BCUT2D eigenvalue weighted by Gasteiger charge is 2.50. The smallest absolute Gasteiger partial charge is 0.0583 e. The fourth-order valence-electron chi connectivity index (χ4n) is 6.67. The van der Waals surface area contributed by atoms with Crippen LogP contribution < -0.4 is 0 Å². The van der Waals surface area contributed by atoms with E-state index < -0.39 is 0 Å². The molecule has 0 bridgehead atoms. The lowest BCUT2D eigenvalue weighted by Gasteiger charge is -2.44. The molecule has 1 N–H and O–H groups in total. The van der Waals surface area contributed by atoms with Crippen molar-refractivity contribution in [2.24, 2.45) is 35.0 Å². The Labute approximate surface area is 180 Å². The van der Waals surface area contributed by atoms with E-state index in [9.17, 15) is 5.11 Å². The molecule has 3 fully saturated rings. The van der Waals surface area contributed by atoms with Crippen molar-refractivity contribution in [3.8, 4) is 0 Å². The van der Waals surface area contributed by atoms with Gasteiger partial charge >= 0.3 is 0 Å². The van der Waals surface area contributed by atoms with Crippen LogP contribution in [0.5, 0.6) is 0 Å². The summed E-state index contributed by atoms with van der Waals surface area (Å²) in [6.45, 7) is 16.6. The molecule has 0 aromatic heterocycles. The summed E-state index contributed by atoms with van der Waals surface area (Å²) >= 11 is 0. The summed E-state index contributed by atoms with van der Waals surface area (Å²) in [5, 5.41) is 10.0. The third-order valence-corrected chi connectivity index (χ3v) is 9.13. The summed E-state index contributed by atoms with van der Waals surface area (Å²) in [7, 11) is 0. The van der Waals surface area contributed by atoms with E-state index in [1.54, 1.807) is 5.57 Å². The minimum Gasteiger partial charge on any atom is -0.393 e. The van der Waals surface area contributed by atoms with E-state index in [0.29, 0.717) is 5.41 Å². The van der Waals surface area contributed by atoms with Crippen LogP contribution in [0.25, 0.3) is 0 Å². The Hall–Kier alpha value is -0.820. The Morgan fingerprint density at radius 1 is 1.07 bits per heavy atom. The van der Waals surface area contributed by atoms with Crippen LogP contribution in [-0.4, -0.2) is 11.2 Å². The SMILES string of the molecule is C=C1CCC(O)C/C1=C/C=C1\CCCC2(C)C1CCC2C(C)CCC(C)C(C)C. The second-order valence-electron chi connectivity index (χ2n) is 11.3. The van der Waals surface area contributed by atoms with Gasteiger partial charge in [0.05, 0.1) is 6.10 Å². The van der Waals surface area contributed by atoms with Gasteiger partial charge in [-0.15, -0.1) is 0 Å². The first-order valence-electron chi connectivity index (χ1n) is 12.5. The molecular formula is C28H46O. The molecule has 0 aromatic carbocycles. The first-order valence-corrected chi connectivity index (χ1v) is 12.5. The summed E-state index contributed by atoms with van der Waals surface area (Å²) in [5.41, 5.74) is 4.70. The van der Waals surface area contributed by atoms with E-state index in [0.717, 1.165) is 48.9 Å². The standard InChI is InChI=1S/C28H46O/c1-19(2)20(3)9-10-22(5)26-15-16-27-23(8-7-17-28(26,27)6)12-13-24-18-25(29)14-11-21(24)4/h12-13,19-20,22,25-27,29H,4,7-11,14-18H2,1-3,5-6H3/b23-12+,24-13-. The minimum atomic E-state index is -0.174. The lowest BCUT2D eigenvalue weighted by atomic mass is 9.60. The maximum Gasteiger partial charge on any atom is 0.0583 e. The lowest BCUT2D eigenvalue weighted by Crippen LogP contribution is -2.36. The second kappa shape index (κ2) is 9.54. The lowest BCUT2D eigenvalue weighted by molar-refractivity contribution is 0.0907. The molecule has 0 heterocycles. The van der Waals surface area contributed by atoms with Crippen molar-refractivity contribution in [2.45, 2.75) is 105 Å². The van der Waals surface area contributed by atoms with Gasteiger partial charge in [0.15, 0.2) is 0 Å². The van der Waals surface area contributed by atoms with Gasteiger partial charge in [-0.05, 0) is 91.9 Å². The molecule has 1 heteroatoms. The highest BCUT2D eigenvalue weighted by Crippen LogP contribution is 2.60. The van der Waals surface area contributed by atoms with Gasteiger partial charge in [-0.3, -0.25) is 0 Å². The van der Waals surface area contributed by atoms with Gasteiger partial charge in [0.25, 0.3) is 0 Å². The Morgan fingerprint density at radius 2 is 1.83 bits per heavy atom. The average molecular weight is 399 g/mol.